The largest absolute Gasteiger partial charge is 0.497 e. The number of carbonyl (C=O) groups excluding carboxylic acids is 2. The smallest absolute Gasteiger partial charge is 0.420 e. The second-order valence-electron chi connectivity index (χ2n) is 7.16. The van der Waals surface area contributed by atoms with Crippen LogP contribution in [0.25, 0.3) is 0 Å². The summed E-state index contributed by atoms with van der Waals surface area (Å²) >= 11 is 0. The zero-order valence-corrected chi connectivity index (χ0v) is 18.4. The maximum atomic E-state index is 13.4. The summed E-state index contributed by atoms with van der Waals surface area (Å²) in [4.78, 5) is 31.9. The summed E-state index contributed by atoms with van der Waals surface area (Å²) in [6.07, 6.45) is -0.861. The Kier molecular flexibility index (Phi) is 8.21. The first-order chi connectivity index (χ1) is 16.7. The summed E-state index contributed by atoms with van der Waals surface area (Å²) in [5, 5.41) is 14.4. The van der Waals surface area contributed by atoms with Crippen molar-refractivity contribution < 1.29 is 37.3 Å². The van der Waals surface area contributed by atoms with E-state index in [4.69, 9.17) is 9.47 Å². The molecule has 3 rings (SSSR count). The standard InChI is InChI=1S/C23H21F3N4O5/c1-34-17-6-7-20(18(8-17)23(24,25)26)35-16-4-2-14(3-5-16)9-29-22(33)19(12-31)30-21(32)15-10-27-13-28-11-15/h2-8,10-11,13,19,31H,9,12H2,1H3,(H,29,33)(H,30,32). The third-order valence-corrected chi connectivity index (χ3v) is 4.74. The Hall–Kier alpha value is -4.19. The Morgan fingerprint density at radius 3 is 2.31 bits per heavy atom. The van der Waals surface area contributed by atoms with Crippen molar-refractivity contribution in [1.82, 2.24) is 20.6 Å². The second kappa shape index (κ2) is 11.3. The van der Waals surface area contributed by atoms with Gasteiger partial charge < -0.3 is 25.2 Å². The number of halogens is 3. The molecule has 12 heteroatoms. The van der Waals surface area contributed by atoms with E-state index in [2.05, 4.69) is 20.6 Å². The van der Waals surface area contributed by atoms with Crippen molar-refractivity contribution in [2.75, 3.05) is 13.7 Å². The van der Waals surface area contributed by atoms with Gasteiger partial charge in [0, 0.05) is 18.9 Å². The van der Waals surface area contributed by atoms with Crippen LogP contribution in [0.2, 0.25) is 0 Å². The number of aromatic nitrogens is 2. The summed E-state index contributed by atoms with van der Waals surface area (Å²) in [7, 11) is 1.27. The van der Waals surface area contributed by atoms with Gasteiger partial charge in [-0.3, -0.25) is 9.59 Å². The van der Waals surface area contributed by atoms with Crippen LogP contribution in [0.4, 0.5) is 13.2 Å². The fourth-order valence-corrected chi connectivity index (χ4v) is 2.91. The number of nitrogens with one attached hydrogen (secondary N) is 2. The second-order valence-corrected chi connectivity index (χ2v) is 7.16. The number of hydrogen-bond acceptors (Lipinski definition) is 7. The molecule has 2 aromatic carbocycles. The van der Waals surface area contributed by atoms with E-state index < -0.39 is 36.2 Å². The lowest BCUT2D eigenvalue weighted by atomic mass is 10.1. The molecule has 1 unspecified atom stereocenters. The molecule has 3 N–H and O–H groups in total. The molecule has 1 heterocycles. The van der Waals surface area contributed by atoms with Gasteiger partial charge in [0.15, 0.2) is 0 Å². The number of aliphatic hydroxyl groups excluding tert-OH is 1. The van der Waals surface area contributed by atoms with E-state index in [0.717, 1.165) is 6.07 Å². The highest BCUT2D eigenvalue weighted by molar-refractivity contribution is 5.97. The average Bonchev–Trinajstić information content (AvgIpc) is 2.86. The zero-order valence-electron chi connectivity index (χ0n) is 18.4. The number of alkyl halides is 3. The van der Waals surface area contributed by atoms with Crippen LogP contribution >= 0.6 is 0 Å². The van der Waals surface area contributed by atoms with Gasteiger partial charge in [0.25, 0.3) is 5.91 Å². The maximum Gasteiger partial charge on any atom is 0.420 e. The van der Waals surface area contributed by atoms with E-state index in [-0.39, 0.29) is 29.4 Å². The molecular weight excluding hydrogens is 469 g/mol. The van der Waals surface area contributed by atoms with Crippen molar-refractivity contribution in [2.24, 2.45) is 0 Å². The summed E-state index contributed by atoms with van der Waals surface area (Å²) < 4.78 is 50.3. The topological polar surface area (TPSA) is 123 Å². The summed E-state index contributed by atoms with van der Waals surface area (Å²) in [5.41, 5.74) is -0.247. The first kappa shape index (κ1) is 25.4. The number of benzene rings is 2. The normalized spacial score (nSPS) is 11.9. The lowest BCUT2D eigenvalue weighted by molar-refractivity contribution is -0.138. The van der Waals surface area contributed by atoms with Crippen molar-refractivity contribution in [3.63, 3.8) is 0 Å². The minimum Gasteiger partial charge on any atom is -0.497 e. The molecule has 35 heavy (non-hydrogen) atoms. The number of aliphatic hydroxyl groups is 1. The van der Waals surface area contributed by atoms with Gasteiger partial charge in [0.05, 0.1) is 19.3 Å². The Morgan fingerprint density at radius 1 is 1.06 bits per heavy atom. The lowest BCUT2D eigenvalue weighted by Crippen LogP contribution is -2.48. The highest BCUT2D eigenvalue weighted by Gasteiger charge is 2.35. The highest BCUT2D eigenvalue weighted by Crippen LogP contribution is 2.40. The SMILES string of the molecule is COc1ccc(Oc2ccc(CNC(=O)C(CO)NC(=O)c3cncnc3)cc2)c(C(F)(F)F)c1. The van der Waals surface area contributed by atoms with Crippen LogP contribution in [-0.4, -0.2) is 46.6 Å². The van der Waals surface area contributed by atoms with E-state index in [1.165, 1.54) is 50.1 Å². The maximum absolute atomic E-state index is 13.4. The monoisotopic (exact) mass is 490 g/mol. The van der Waals surface area contributed by atoms with Crippen molar-refractivity contribution in [1.29, 1.82) is 0 Å². The van der Waals surface area contributed by atoms with Gasteiger partial charge >= 0.3 is 6.18 Å². The summed E-state index contributed by atoms with van der Waals surface area (Å²) in [5.74, 6) is -1.44. The summed E-state index contributed by atoms with van der Waals surface area (Å²) in [6.45, 7) is -0.599. The molecule has 0 radical (unpaired) electrons. The van der Waals surface area contributed by atoms with Gasteiger partial charge in [-0.05, 0) is 35.9 Å². The van der Waals surface area contributed by atoms with Crippen LogP contribution in [0.3, 0.4) is 0 Å². The molecule has 2 amide bonds. The molecular formula is C23H21F3N4O5. The molecule has 1 aromatic heterocycles. The number of hydrogen-bond donors (Lipinski definition) is 3. The van der Waals surface area contributed by atoms with Gasteiger partial charge in [-0.15, -0.1) is 0 Å². The number of rotatable bonds is 9. The quantitative estimate of drug-likeness (QED) is 0.422. The molecule has 0 saturated heterocycles. The predicted octanol–water partition coefficient (Wildman–Crippen LogP) is 2.70. The Balaban J connectivity index is 1.60. The van der Waals surface area contributed by atoms with Gasteiger partial charge in [-0.1, -0.05) is 12.1 Å². The van der Waals surface area contributed by atoms with Crippen LogP contribution in [0.15, 0.2) is 61.2 Å². The van der Waals surface area contributed by atoms with Crippen molar-refractivity contribution in [3.8, 4) is 17.2 Å². The molecule has 0 spiro atoms. The number of nitrogens with zero attached hydrogens (tertiary/aromatic N) is 2. The Labute approximate surface area is 197 Å². The van der Waals surface area contributed by atoms with Crippen molar-refractivity contribution in [3.05, 3.63) is 77.9 Å². The molecule has 0 saturated carbocycles. The van der Waals surface area contributed by atoms with Gasteiger partial charge in [-0.25, -0.2) is 9.97 Å². The van der Waals surface area contributed by atoms with E-state index in [1.54, 1.807) is 12.1 Å². The number of methoxy groups -OCH3 is 1. The zero-order chi connectivity index (χ0) is 25.4. The van der Waals surface area contributed by atoms with Gasteiger partial charge in [0.2, 0.25) is 5.91 Å². The fourth-order valence-electron chi connectivity index (χ4n) is 2.91. The number of ether oxygens (including phenoxy) is 2. The lowest BCUT2D eigenvalue weighted by Gasteiger charge is -2.16. The molecule has 9 nitrogen and oxygen atoms in total. The van der Waals surface area contributed by atoms with E-state index in [9.17, 15) is 27.9 Å². The van der Waals surface area contributed by atoms with Crippen LogP contribution < -0.4 is 20.1 Å². The molecule has 3 aromatic rings. The molecule has 0 bridgehead atoms. The Bertz CT molecular complexity index is 1160. The van der Waals surface area contributed by atoms with Crippen LogP contribution in [0.1, 0.15) is 21.5 Å². The fraction of sp³-hybridized carbons (Fsp3) is 0.217. The molecule has 0 fully saturated rings. The highest BCUT2D eigenvalue weighted by atomic mass is 19.4. The van der Waals surface area contributed by atoms with Gasteiger partial charge in [0.1, 0.15) is 35.2 Å². The van der Waals surface area contributed by atoms with Crippen LogP contribution in [0.5, 0.6) is 17.2 Å². The molecule has 1 atom stereocenters. The number of carbonyl (C=O) groups is 2. The van der Waals surface area contributed by atoms with Crippen molar-refractivity contribution in [2.45, 2.75) is 18.8 Å². The Morgan fingerprint density at radius 2 is 1.71 bits per heavy atom. The molecule has 184 valence electrons. The van der Waals surface area contributed by atoms with E-state index in [1.807, 2.05) is 0 Å². The third kappa shape index (κ3) is 6.90. The van der Waals surface area contributed by atoms with Gasteiger partial charge in [-0.2, -0.15) is 13.2 Å². The molecule has 0 aliphatic rings. The first-order valence-corrected chi connectivity index (χ1v) is 10.2. The predicted molar refractivity (Wildman–Crippen MR) is 117 cm³/mol. The van der Waals surface area contributed by atoms with Crippen LogP contribution in [-0.2, 0) is 17.5 Å². The molecule has 0 aliphatic heterocycles. The van der Waals surface area contributed by atoms with E-state index >= 15 is 0 Å². The molecule has 0 aliphatic carbocycles. The average molecular weight is 490 g/mol. The van der Waals surface area contributed by atoms with E-state index in [0.29, 0.717) is 5.56 Å². The minimum absolute atomic E-state index is 0.0380. The minimum atomic E-state index is -4.64. The van der Waals surface area contributed by atoms with Crippen molar-refractivity contribution >= 4 is 11.8 Å². The van der Waals surface area contributed by atoms with Crippen LogP contribution in [0, 0.1) is 0 Å². The first-order valence-electron chi connectivity index (χ1n) is 10.2. The number of amides is 2. The summed E-state index contributed by atoms with van der Waals surface area (Å²) in [6, 6.07) is 8.18. The third-order valence-electron chi connectivity index (χ3n) is 4.74.